The lowest BCUT2D eigenvalue weighted by atomic mass is 9.98. The van der Waals surface area contributed by atoms with Gasteiger partial charge in [0.15, 0.2) is 0 Å². The minimum absolute atomic E-state index is 0.132. The molecule has 0 aromatic heterocycles. The summed E-state index contributed by atoms with van der Waals surface area (Å²) in [4.78, 5) is 21.9. The lowest BCUT2D eigenvalue weighted by molar-refractivity contribution is -0.384. The van der Waals surface area contributed by atoms with E-state index in [1.807, 2.05) is 0 Å². The van der Waals surface area contributed by atoms with Crippen molar-refractivity contribution in [2.24, 2.45) is 0 Å². The predicted molar refractivity (Wildman–Crippen MR) is 68.7 cm³/mol. The second-order valence-electron chi connectivity index (χ2n) is 3.60. The summed E-state index contributed by atoms with van der Waals surface area (Å²) in [6.45, 7) is 0. The molecule has 0 bridgehead atoms. The maximum Gasteiger partial charge on any atom is 0.277 e. The summed E-state index contributed by atoms with van der Waals surface area (Å²) in [5.74, 6) is 0. The number of hydrogen-bond donors (Lipinski definition) is 0. The molecule has 5 heteroatoms. The summed E-state index contributed by atoms with van der Waals surface area (Å²) >= 11 is 5.47. The Hall–Kier alpha value is -2.20. The number of nitrogens with zero attached hydrogens (tertiary/aromatic N) is 1. The van der Waals surface area contributed by atoms with E-state index in [4.69, 9.17) is 11.6 Å². The van der Waals surface area contributed by atoms with Gasteiger partial charge in [0.2, 0.25) is 0 Å². The van der Waals surface area contributed by atoms with Crippen LogP contribution in [0.3, 0.4) is 0 Å². The zero-order valence-electron chi connectivity index (χ0n) is 9.17. The molecule has 0 aliphatic carbocycles. The monoisotopic (exact) mass is 261 g/mol. The maximum atomic E-state index is 11.4. The first kappa shape index (κ1) is 12.3. The first-order valence-corrected chi connectivity index (χ1v) is 5.51. The molecule has 0 atom stereocenters. The quantitative estimate of drug-likeness (QED) is 0.481. The van der Waals surface area contributed by atoms with Crippen LogP contribution in [-0.4, -0.2) is 10.2 Å². The minimum atomic E-state index is -0.711. The van der Waals surface area contributed by atoms with Crippen molar-refractivity contribution in [3.8, 4) is 11.1 Å². The van der Waals surface area contributed by atoms with E-state index in [1.54, 1.807) is 30.3 Å². The van der Waals surface area contributed by atoms with Gasteiger partial charge in [0, 0.05) is 11.6 Å². The minimum Gasteiger partial charge on any atom is -0.276 e. The molecule has 4 nitrogen and oxygen atoms in total. The smallest absolute Gasteiger partial charge is 0.276 e. The van der Waals surface area contributed by atoms with Crippen LogP contribution in [0, 0.1) is 10.1 Å². The first-order chi connectivity index (χ1) is 8.61. The SMILES string of the molecule is O=C(Cl)c1cccc([N+](=O)[O-])c1-c1ccccc1. The van der Waals surface area contributed by atoms with Gasteiger partial charge in [-0.05, 0) is 23.2 Å². The fourth-order valence-corrected chi connectivity index (χ4v) is 1.92. The van der Waals surface area contributed by atoms with Gasteiger partial charge in [-0.1, -0.05) is 36.4 Å². The number of nitro benzene ring substituents is 1. The molecule has 2 aromatic rings. The average molecular weight is 262 g/mol. The van der Waals surface area contributed by atoms with Crippen LogP contribution in [0.2, 0.25) is 0 Å². The Kier molecular flexibility index (Phi) is 3.39. The first-order valence-electron chi connectivity index (χ1n) is 5.14. The zero-order chi connectivity index (χ0) is 13.1. The van der Waals surface area contributed by atoms with Crippen molar-refractivity contribution in [1.29, 1.82) is 0 Å². The van der Waals surface area contributed by atoms with Crippen LogP contribution in [0.5, 0.6) is 0 Å². The molecule has 0 unspecified atom stereocenters. The van der Waals surface area contributed by atoms with Gasteiger partial charge in [-0.2, -0.15) is 0 Å². The molecule has 0 aliphatic rings. The highest BCUT2D eigenvalue weighted by Gasteiger charge is 2.21. The third kappa shape index (κ3) is 2.24. The second kappa shape index (κ2) is 4.98. The number of carbonyl (C=O) groups excluding carboxylic acids is 1. The molecule has 2 rings (SSSR count). The Morgan fingerprint density at radius 1 is 1.06 bits per heavy atom. The van der Waals surface area contributed by atoms with Gasteiger partial charge < -0.3 is 0 Å². The number of hydrogen-bond acceptors (Lipinski definition) is 3. The van der Waals surface area contributed by atoms with Crippen LogP contribution in [0.1, 0.15) is 10.4 Å². The van der Waals surface area contributed by atoms with Gasteiger partial charge in [-0.3, -0.25) is 14.9 Å². The fraction of sp³-hybridized carbons (Fsp3) is 0. The predicted octanol–water partition coefficient (Wildman–Crippen LogP) is 3.64. The van der Waals surface area contributed by atoms with Crippen LogP contribution >= 0.6 is 11.6 Å². The Labute approximate surface area is 108 Å². The van der Waals surface area contributed by atoms with Crippen molar-refractivity contribution in [3.05, 3.63) is 64.2 Å². The van der Waals surface area contributed by atoms with Crippen LogP contribution in [0.25, 0.3) is 11.1 Å². The molecule has 0 saturated carbocycles. The van der Waals surface area contributed by atoms with Crippen LogP contribution < -0.4 is 0 Å². The van der Waals surface area contributed by atoms with Crippen molar-refractivity contribution in [2.45, 2.75) is 0 Å². The van der Waals surface area contributed by atoms with Crippen LogP contribution in [0.15, 0.2) is 48.5 Å². The lowest BCUT2D eigenvalue weighted by Crippen LogP contribution is -1.99. The van der Waals surface area contributed by atoms with E-state index in [9.17, 15) is 14.9 Å². The summed E-state index contributed by atoms with van der Waals surface area (Å²) in [7, 11) is 0. The van der Waals surface area contributed by atoms with E-state index >= 15 is 0 Å². The van der Waals surface area contributed by atoms with E-state index in [1.165, 1.54) is 18.2 Å². The van der Waals surface area contributed by atoms with Gasteiger partial charge in [-0.15, -0.1) is 0 Å². The highest BCUT2D eigenvalue weighted by Crippen LogP contribution is 2.33. The van der Waals surface area contributed by atoms with E-state index in [0.717, 1.165) is 0 Å². The van der Waals surface area contributed by atoms with E-state index in [-0.39, 0.29) is 16.8 Å². The van der Waals surface area contributed by atoms with Crippen LogP contribution in [-0.2, 0) is 0 Å². The Morgan fingerprint density at radius 3 is 2.28 bits per heavy atom. The molecule has 0 N–H and O–H groups in total. The third-order valence-corrected chi connectivity index (χ3v) is 2.72. The molecule has 0 spiro atoms. The molecular formula is C13H8ClNO3. The van der Waals surface area contributed by atoms with Crippen molar-refractivity contribution in [1.82, 2.24) is 0 Å². The Morgan fingerprint density at radius 2 is 1.72 bits per heavy atom. The molecular weight excluding hydrogens is 254 g/mol. The number of benzene rings is 2. The molecule has 0 saturated heterocycles. The summed E-state index contributed by atoms with van der Waals surface area (Å²) in [5.41, 5.74) is 0.849. The van der Waals surface area contributed by atoms with Gasteiger partial charge in [0.05, 0.1) is 10.5 Å². The lowest BCUT2D eigenvalue weighted by Gasteiger charge is -2.06. The summed E-state index contributed by atoms with van der Waals surface area (Å²) in [5, 5.41) is 10.3. The average Bonchev–Trinajstić information content (AvgIpc) is 2.38. The van der Waals surface area contributed by atoms with E-state index < -0.39 is 10.2 Å². The van der Waals surface area contributed by atoms with Crippen molar-refractivity contribution in [3.63, 3.8) is 0 Å². The van der Waals surface area contributed by atoms with Gasteiger partial charge in [-0.25, -0.2) is 0 Å². The highest BCUT2D eigenvalue weighted by molar-refractivity contribution is 6.68. The second-order valence-corrected chi connectivity index (χ2v) is 3.94. The fourth-order valence-electron chi connectivity index (χ4n) is 1.76. The topological polar surface area (TPSA) is 60.2 Å². The maximum absolute atomic E-state index is 11.4. The zero-order valence-corrected chi connectivity index (χ0v) is 9.92. The number of carbonyl (C=O) groups is 1. The van der Waals surface area contributed by atoms with Crippen molar-refractivity contribution in [2.75, 3.05) is 0 Å². The summed E-state index contributed by atoms with van der Waals surface area (Å²) < 4.78 is 0. The molecule has 90 valence electrons. The summed E-state index contributed by atoms with van der Waals surface area (Å²) in [6, 6.07) is 13.0. The van der Waals surface area contributed by atoms with Gasteiger partial charge in [0.25, 0.3) is 10.9 Å². The molecule has 0 amide bonds. The van der Waals surface area contributed by atoms with Gasteiger partial charge in [0.1, 0.15) is 0 Å². The number of nitro groups is 1. The largest absolute Gasteiger partial charge is 0.277 e. The Balaban J connectivity index is 2.77. The molecule has 0 aliphatic heterocycles. The van der Waals surface area contributed by atoms with Crippen molar-refractivity contribution >= 4 is 22.5 Å². The molecule has 2 aromatic carbocycles. The van der Waals surface area contributed by atoms with E-state index in [0.29, 0.717) is 5.56 Å². The molecule has 0 radical (unpaired) electrons. The molecule has 18 heavy (non-hydrogen) atoms. The highest BCUT2D eigenvalue weighted by atomic mass is 35.5. The summed E-state index contributed by atoms with van der Waals surface area (Å²) in [6.07, 6.45) is 0. The Bertz CT molecular complexity index is 579. The van der Waals surface area contributed by atoms with Crippen molar-refractivity contribution < 1.29 is 9.72 Å². The normalized spacial score (nSPS) is 10.1. The standard InChI is InChI=1S/C13H8ClNO3/c14-13(16)10-7-4-8-11(15(17)18)12(10)9-5-2-1-3-6-9/h1-8H. The number of halogens is 1. The number of rotatable bonds is 3. The third-order valence-electron chi connectivity index (χ3n) is 2.51. The van der Waals surface area contributed by atoms with Crippen LogP contribution in [0.4, 0.5) is 5.69 Å². The van der Waals surface area contributed by atoms with Gasteiger partial charge >= 0.3 is 0 Å². The van der Waals surface area contributed by atoms with E-state index in [2.05, 4.69) is 0 Å². The molecule has 0 heterocycles. The molecule has 0 fully saturated rings.